The lowest BCUT2D eigenvalue weighted by atomic mass is 9.99. The maximum atomic E-state index is 10.2. The number of benzene rings is 1. The van der Waals surface area contributed by atoms with E-state index in [0.717, 1.165) is 12.2 Å². The molecule has 0 spiro atoms. The molecule has 0 amide bonds. The van der Waals surface area contributed by atoms with Crippen LogP contribution in [0.2, 0.25) is 0 Å². The predicted molar refractivity (Wildman–Crippen MR) is 79.4 cm³/mol. The molecule has 0 aliphatic heterocycles. The normalized spacial score (nSPS) is 13.3. The molecule has 0 radical (unpaired) electrons. The molecule has 0 fully saturated rings. The Morgan fingerprint density at radius 3 is 2.58 bits per heavy atom. The number of hydrogen-bond donors (Lipinski definition) is 2. The van der Waals surface area contributed by atoms with Crippen LogP contribution in [0.5, 0.6) is 5.75 Å². The summed E-state index contributed by atoms with van der Waals surface area (Å²) in [5.41, 5.74) is 6.15. The van der Waals surface area contributed by atoms with E-state index >= 15 is 0 Å². The van der Waals surface area contributed by atoms with Gasteiger partial charge in [0.1, 0.15) is 12.4 Å². The van der Waals surface area contributed by atoms with Crippen LogP contribution in [0.25, 0.3) is 0 Å². The van der Waals surface area contributed by atoms with E-state index in [0.29, 0.717) is 31.9 Å². The zero-order chi connectivity index (χ0) is 14.3. The van der Waals surface area contributed by atoms with Crippen molar-refractivity contribution in [3.8, 4) is 5.75 Å². The molecule has 1 aromatic rings. The maximum absolute atomic E-state index is 10.2. The molecule has 3 heteroatoms. The van der Waals surface area contributed by atoms with Gasteiger partial charge < -0.3 is 15.6 Å². The number of aliphatic hydroxyl groups is 1. The zero-order valence-corrected chi connectivity index (χ0v) is 12.4. The summed E-state index contributed by atoms with van der Waals surface area (Å²) >= 11 is 0. The molecule has 1 aromatic carbocycles. The quantitative estimate of drug-likeness (QED) is 0.760. The molecular weight excluding hydrogens is 238 g/mol. The number of hydrogen-bond acceptors (Lipinski definition) is 3. The van der Waals surface area contributed by atoms with Gasteiger partial charge in [-0.3, -0.25) is 0 Å². The highest BCUT2D eigenvalue weighted by Gasteiger charge is 2.23. The van der Waals surface area contributed by atoms with Crippen molar-refractivity contribution in [2.45, 2.75) is 45.6 Å². The molecule has 3 nitrogen and oxygen atoms in total. The third kappa shape index (κ3) is 5.21. The van der Waals surface area contributed by atoms with Crippen LogP contribution in [0.3, 0.4) is 0 Å². The van der Waals surface area contributed by atoms with Crippen LogP contribution in [0.1, 0.15) is 39.2 Å². The fraction of sp³-hybridized carbons (Fsp3) is 0.625. The lowest BCUT2D eigenvalue weighted by Crippen LogP contribution is -2.34. The first-order valence-electron chi connectivity index (χ1n) is 7.17. The van der Waals surface area contributed by atoms with Gasteiger partial charge >= 0.3 is 0 Å². The molecule has 0 aliphatic carbocycles. The highest BCUT2D eigenvalue weighted by molar-refractivity contribution is 5.28. The van der Waals surface area contributed by atoms with E-state index in [1.165, 1.54) is 5.56 Å². The molecule has 0 aliphatic rings. The van der Waals surface area contributed by atoms with E-state index in [1.807, 2.05) is 32.0 Å². The molecular formula is C16H27NO2. The fourth-order valence-corrected chi connectivity index (χ4v) is 1.92. The van der Waals surface area contributed by atoms with E-state index in [2.05, 4.69) is 13.0 Å². The lowest BCUT2D eigenvalue weighted by molar-refractivity contribution is -0.0113. The van der Waals surface area contributed by atoms with Crippen molar-refractivity contribution in [2.75, 3.05) is 13.2 Å². The summed E-state index contributed by atoms with van der Waals surface area (Å²) < 4.78 is 5.73. The van der Waals surface area contributed by atoms with E-state index in [1.54, 1.807) is 0 Å². The van der Waals surface area contributed by atoms with Gasteiger partial charge in [-0.2, -0.15) is 0 Å². The second kappa shape index (κ2) is 7.51. The van der Waals surface area contributed by atoms with Gasteiger partial charge in [-0.25, -0.2) is 0 Å². The van der Waals surface area contributed by atoms with E-state index in [4.69, 9.17) is 10.5 Å². The Hall–Kier alpha value is -1.06. The predicted octanol–water partition coefficient (Wildman–Crippen LogP) is 2.75. The first-order chi connectivity index (χ1) is 9.03. The third-order valence-corrected chi connectivity index (χ3v) is 3.71. The molecule has 0 bridgehead atoms. The summed E-state index contributed by atoms with van der Waals surface area (Å²) in [6.45, 7) is 7.13. The van der Waals surface area contributed by atoms with Gasteiger partial charge in [-0.05, 0) is 49.4 Å². The average molecular weight is 265 g/mol. The van der Waals surface area contributed by atoms with Gasteiger partial charge in [0.15, 0.2) is 0 Å². The molecule has 0 heterocycles. The molecule has 0 saturated carbocycles. The fourth-order valence-electron chi connectivity index (χ4n) is 1.92. The molecule has 3 N–H and O–H groups in total. The highest BCUT2D eigenvalue weighted by atomic mass is 16.5. The molecule has 1 rings (SSSR count). The second-order valence-corrected chi connectivity index (χ2v) is 5.41. The molecule has 0 unspecified atom stereocenters. The smallest absolute Gasteiger partial charge is 0.119 e. The van der Waals surface area contributed by atoms with E-state index in [9.17, 15) is 5.11 Å². The Bertz CT molecular complexity index is 375. The summed E-state index contributed by atoms with van der Waals surface area (Å²) in [5.74, 6) is 1.29. The Morgan fingerprint density at radius 1 is 1.32 bits per heavy atom. The molecule has 108 valence electrons. The number of nitrogens with two attached hydrogens (primary N) is 1. The number of rotatable bonds is 8. The average Bonchev–Trinajstić information content (AvgIpc) is 2.45. The molecule has 0 aromatic heterocycles. The summed E-state index contributed by atoms with van der Waals surface area (Å²) in [7, 11) is 0. The largest absolute Gasteiger partial charge is 0.491 e. The maximum Gasteiger partial charge on any atom is 0.119 e. The first kappa shape index (κ1) is 16.0. The van der Waals surface area contributed by atoms with Crippen molar-refractivity contribution in [2.24, 2.45) is 11.7 Å². The molecule has 1 atom stereocenters. The number of ether oxygens (including phenoxy) is 1. The topological polar surface area (TPSA) is 55.5 Å². The second-order valence-electron chi connectivity index (χ2n) is 5.41. The SMILES string of the molecule is CCC(O)(CC)COc1cccc(C[C@@H](C)CN)c1. The summed E-state index contributed by atoms with van der Waals surface area (Å²) in [6, 6.07) is 8.05. The first-order valence-corrected chi connectivity index (χ1v) is 7.17. The van der Waals surface area contributed by atoms with Crippen molar-refractivity contribution >= 4 is 0 Å². The van der Waals surface area contributed by atoms with Crippen LogP contribution in [0.15, 0.2) is 24.3 Å². The van der Waals surface area contributed by atoms with Gasteiger partial charge in [0.2, 0.25) is 0 Å². The molecule has 0 saturated heterocycles. The Balaban J connectivity index is 2.62. The van der Waals surface area contributed by atoms with E-state index < -0.39 is 5.60 Å². The summed E-state index contributed by atoms with van der Waals surface area (Å²) in [5, 5.41) is 10.2. The Kier molecular flexibility index (Phi) is 6.32. The van der Waals surface area contributed by atoms with Crippen molar-refractivity contribution in [1.82, 2.24) is 0 Å². The van der Waals surface area contributed by atoms with Crippen molar-refractivity contribution in [1.29, 1.82) is 0 Å². The summed E-state index contributed by atoms with van der Waals surface area (Å²) in [6.07, 6.45) is 2.36. The highest BCUT2D eigenvalue weighted by Crippen LogP contribution is 2.20. The Morgan fingerprint density at radius 2 is 2.00 bits per heavy atom. The van der Waals surface area contributed by atoms with Gasteiger partial charge in [-0.15, -0.1) is 0 Å². The van der Waals surface area contributed by atoms with Crippen molar-refractivity contribution < 1.29 is 9.84 Å². The van der Waals surface area contributed by atoms with Crippen LogP contribution in [-0.2, 0) is 6.42 Å². The van der Waals surface area contributed by atoms with E-state index in [-0.39, 0.29) is 0 Å². The minimum atomic E-state index is -0.722. The minimum absolute atomic E-state index is 0.343. The van der Waals surface area contributed by atoms with Crippen molar-refractivity contribution in [3.05, 3.63) is 29.8 Å². The van der Waals surface area contributed by atoms with Crippen LogP contribution in [0, 0.1) is 5.92 Å². The minimum Gasteiger partial charge on any atom is -0.491 e. The summed E-state index contributed by atoms with van der Waals surface area (Å²) in [4.78, 5) is 0. The molecule has 19 heavy (non-hydrogen) atoms. The van der Waals surface area contributed by atoms with Gasteiger partial charge in [0.05, 0.1) is 5.60 Å². The van der Waals surface area contributed by atoms with Crippen LogP contribution in [0.4, 0.5) is 0 Å². The van der Waals surface area contributed by atoms with Crippen LogP contribution >= 0.6 is 0 Å². The standard InChI is InChI=1S/C16H27NO2/c1-4-16(18,5-2)12-19-15-8-6-7-14(10-15)9-13(3)11-17/h6-8,10,13,18H,4-5,9,11-12,17H2,1-3H3/t13-/m1/s1. The van der Waals surface area contributed by atoms with Crippen molar-refractivity contribution in [3.63, 3.8) is 0 Å². The monoisotopic (exact) mass is 265 g/mol. The van der Waals surface area contributed by atoms with Crippen LogP contribution in [-0.4, -0.2) is 23.9 Å². The van der Waals surface area contributed by atoms with Gasteiger partial charge in [0, 0.05) is 0 Å². The lowest BCUT2D eigenvalue weighted by Gasteiger charge is -2.25. The zero-order valence-electron chi connectivity index (χ0n) is 12.4. The Labute approximate surface area is 116 Å². The van der Waals surface area contributed by atoms with Gasteiger partial charge in [0.25, 0.3) is 0 Å². The van der Waals surface area contributed by atoms with Crippen LogP contribution < -0.4 is 10.5 Å². The van der Waals surface area contributed by atoms with Gasteiger partial charge in [-0.1, -0.05) is 32.9 Å². The third-order valence-electron chi connectivity index (χ3n) is 3.71.